The van der Waals surface area contributed by atoms with Crippen LogP contribution in [0.3, 0.4) is 0 Å². The standard InChI is InChI=1S/C57H35N5O/c1-3-16-36(17-4-1)38-20-15-21-39(34-38)41-22-7-11-26-48(41)61-49-27-12-8-23-42(49)45-31-32-46-43-24-9-13-28-50(43)62(54(46)53(45)61)57-59-55(37-18-5-2-6-19-37)58-56(60-57)40-30-33-52-47(35-40)44-25-10-14-29-51(44)63-52/h1-35H. The first-order valence-corrected chi connectivity index (χ1v) is 21.2. The minimum absolute atomic E-state index is 0.537. The number of benzene rings is 9. The van der Waals surface area contributed by atoms with E-state index in [9.17, 15) is 0 Å². The van der Waals surface area contributed by atoms with Gasteiger partial charge in [0.2, 0.25) is 5.95 Å². The van der Waals surface area contributed by atoms with E-state index in [2.05, 4.69) is 173 Å². The van der Waals surface area contributed by atoms with E-state index in [0.29, 0.717) is 17.6 Å². The topological polar surface area (TPSA) is 61.7 Å². The molecule has 0 amide bonds. The molecule has 0 N–H and O–H groups in total. The maximum atomic E-state index is 6.23. The summed E-state index contributed by atoms with van der Waals surface area (Å²) in [5.41, 5.74) is 13.4. The second-order valence-electron chi connectivity index (χ2n) is 16.0. The van der Waals surface area contributed by atoms with Gasteiger partial charge >= 0.3 is 0 Å². The lowest BCUT2D eigenvalue weighted by Gasteiger charge is -2.16. The zero-order chi connectivity index (χ0) is 41.4. The maximum Gasteiger partial charge on any atom is 0.238 e. The number of rotatable bonds is 6. The van der Waals surface area contributed by atoms with Crippen LogP contribution in [0, 0.1) is 0 Å². The van der Waals surface area contributed by atoms with Crippen molar-refractivity contribution >= 4 is 65.6 Å². The molecule has 0 bridgehead atoms. The predicted molar refractivity (Wildman–Crippen MR) is 258 cm³/mol. The summed E-state index contributed by atoms with van der Waals surface area (Å²) >= 11 is 0. The normalized spacial score (nSPS) is 11.8. The molecule has 4 heterocycles. The Hall–Kier alpha value is -8.61. The summed E-state index contributed by atoms with van der Waals surface area (Å²) in [7, 11) is 0. The van der Waals surface area contributed by atoms with Crippen LogP contribution in [0.4, 0.5) is 0 Å². The summed E-state index contributed by atoms with van der Waals surface area (Å²) in [5.74, 6) is 1.71. The number of hydrogen-bond acceptors (Lipinski definition) is 4. The van der Waals surface area contributed by atoms with Crippen molar-refractivity contribution in [3.05, 3.63) is 212 Å². The minimum Gasteiger partial charge on any atom is -0.456 e. The van der Waals surface area contributed by atoms with Crippen LogP contribution < -0.4 is 0 Å². The monoisotopic (exact) mass is 805 g/mol. The first-order valence-electron chi connectivity index (χ1n) is 21.2. The van der Waals surface area contributed by atoms with Crippen LogP contribution in [-0.2, 0) is 0 Å². The second-order valence-corrected chi connectivity index (χ2v) is 16.0. The third-order valence-electron chi connectivity index (χ3n) is 12.4. The quantitative estimate of drug-likeness (QED) is 0.168. The first kappa shape index (κ1) is 35.2. The molecule has 6 nitrogen and oxygen atoms in total. The Kier molecular flexibility index (Phi) is 7.80. The molecule has 6 heteroatoms. The molecule has 13 rings (SSSR count). The number of furan rings is 1. The van der Waals surface area contributed by atoms with E-state index in [1.165, 1.54) is 16.5 Å². The summed E-state index contributed by atoms with van der Waals surface area (Å²) < 4.78 is 10.9. The highest BCUT2D eigenvalue weighted by Gasteiger charge is 2.24. The predicted octanol–water partition coefficient (Wildman–Crippen LogP) is 14.6. The van der Waals surface area contributed by atoms with Gasteiger partial charge in [-0.3, -0.25) is 4.57 Å². The number of fused-ring (bicyclic) bond motifs is 10. The van der Waals surface area contributed by atoms with Gasteiger partial charge < -0.3 is 8.98 Å². The van der Waals surface area contributed by atoms with Crippen molar-refractivity contribution in [1.29, 1.82) is 0 Å². The fourth-order valence-corrected chi connectivity index (χ4v) is 9.54. The van der Waals surface area contributed by atoms with E-state index in [1.54, 1.807) is 0 Å². The van der Waals surface area contributed by atoms with Gasteiger partial charge in [-0.1, -0.05) is 164 Å². The van der Waals surface area contributed by atoms with Crippen molar-refractivity contribution in [3.8, 4) is 56.7 Å². The summed E-state index contributed by atoms with van der Waals surface area (Å²) in [6.45, 7) is 0. The molecule has 0 saturated heterocycles. The Morgan fingerprint density at radius 1 is 0.317 bits per heavy atom. The molecule has 0 aliphatic rings. The largest absolute Gasteiger partial charge is 0.456 e. The van der Waals surface area contributed by atoms with Crippen LogP contribution in [0.15, 0.2) is 217 Å². The molecule has 0 unspecified atom stereocenters. The molecule has 0 radical (unpaired) electrons. The van der Waals surface area contributed by atoms with E-state index in [4.69, 9.17) is 19.4 Å². The van der Waals surface area contributed by atoms with Gasteiger partial charge in [-0.15, -0.1) is 0 Å². The van der Waals surface area contributed by atoms with Gasteiger partial charge in [0.25, 0.3) is 0 Å². The van der Waals surface area contributed by atoms with E-state index in [-0.39, 0.29) is 0 Å². The minimum atomic E-state index is 0.537. The van der Waals surface area contributed by atoms with Gasteiger partial charge in [-0.05, 0) is 65.2 Å². The number of nitrogens with zero attached hydrogens (tertiary/aromatic N) is 5. The lowest BCUT2D eigenvalue weighted by molar-refractivity contribution is 0.669. The highest BCUT2D eigenvalue weighted by molar-refractivity contribution is 6.24. The Morgan fingerprint density at radius 3 is 1.63 bits per heavy atom. The van der Waals surface area contributed by atoms with Gasteiger partial charge in [0.1, 0.15) is 11.2 Å². The average molecular weight is 806 g/mol. The van der Waals surface area contributed by atoms with Gasteiger partial charge in [-0.2, -0.15) is 9.97 Å². The van der Waals surface area contributed by atoms with E-state index >= 15 is 0 Å². The molecule has 0 atom stereocenters. The molecule has 0 aliphatic heterocycles. The van der Waals surface area contributed by atoms with Crippen LogP contribution in [0.25, 0.3) is 122 Å². The van der Waals surface area contributed by atoms with Gasteiger partial charge in [0.15, 0.2) is 11.6 Å². The zero-order valence-corrected chi connectivity index (χ0v) is 33.9. The summed E-state index contributed by atoms with van der Waals surface area (Å²) in [6.07, 6.45) is 0. The van der Waals surface area contributed by atoms with E-state index < -0.39 is 0 Å². The molecular formula is C57H35N5O. The first-order chi connectivity index (χ1) is 31.2. The van der Waals surface area contributed by atoms with E-state index in [0.717, 1.165) is 88.1 Å². The lowest BCUT2D eigenvalue weighted by atomic mass is 9.98. The van der Waals surface area contributed by atoms with E-state index in [1.807, 2.05) is 48.5 Å². The van der Waals surface area contributed by atoms with Crippen LogP contribution in [0.5, 0.6) is 0 Å². The third kappa shape index (κ3) is 5.55. The Bertz CT molecular complexity index is 3920. The molecule has 4 aromatic heterocycles. The SMILES string of the molecule is c1ccc(-c2cccc(-c3ccccc3-n3c4ccccc4c4ccc5c6ccccc6n(-c6nc(-c7ccccc7)nc(-c7ccc8oc9ccccc9c8c7)n6)c5c43)c2)cc1. The zero-order valence-electron chi connectivity index (χ0n) is 33.9. The van der Waals surface area contributed by atoms with Crippen LogP contribution >= 0.6 is 0 Å². The summed E-state index contributed by atoms with van der Waals surface area (Å²) in [6, 6.07) is 74.6. The Balaban J connectivity index is 1.12. The Labute approximate surface area is 361 Å². The van der Waals surface area contributed by atoms with Crippen LogP contribution in [0.1, 0.15) is 0 Å². The highest BCUT2D eigenvalue weighted by atomic mass is 16.3. The van der Waals surface area contributed by atoms with Crippen LogP contribution in [-0.4, -0.2) is 24.1 Å². The maximum absolute atomic E-state index is 6.23. The smallest absolute Gasteiger partial charge is 0.238 e. The Morgan fingerprint density at radius 2 is 0.873 bits per heavy atom. The van der Waals surface area contributed by atoms with Crippen molar-refractivity contribution in [3.63, 3.8) is 0 Å². The van der Waals surface area contributed by atoms with Crippen molar-refractivity contribution in [1.82, 2.24) is 24.1 Å². The van der Waals surface area contributed by atoms with Gasteiger partial charge in [0.05, 0.1) is 27.8 Å². The number of hydrogen-bond donors (Lipinski definition) is 0. The molecule has 0 saturated carbocycles. The summed E-state index contributed by atoms with van der Waals surface area (Å²) in [4.78, 5) is 15.9. The molecule has 0 fully saturated rings. The fourth-order valence-electron chi connectivity index (χ4n) is 9.54. The molecular weight excluding hydrogens is 771 g/mol. The van der Waals surface area contributed by atoms with Crippen molar-refractivity contribution in [2.75, 3.05) is 0 Å². The molecule has 13 aromatic rings. The van der Waals surface area contributed by atoms with Crippen LogP contribution in [0.2, 0.25) is 0 Å². The van der Waals surface area contributed by atoms with Gasteiger partial charge in [0, 0.05) is 49.0 Å². The molecule has 294 valence electrons. The molecule has 63 heavy (non-hydrogen) atoms. The number of para-hydroxylation sites is 4. The molecule has 0 aliphatic carbocycles. The lowest BCUT2D eigenvalue weighted by Crippen LogP contribution is -2.07. The second kappa shape index (κ2) is 14.0. The van der Waals surface area contributed by atoms with Crippen molar-refractivity contribution in [2.45, 2.75) is 0 Å². The highest BCUT2D eigenvalue weighted by Crippen LogP contribution is 2.43. The molecule has 9 aromatic carbocycles. The third-order valence-corrected chi connectivity index (χ3v) is 12.4. The summed E-state index contributed by atoms with van der Waals surface area (Å²) in [5, 5.41) is 6.61. The fraction of sp³-hybridized carbons (Fsp3) is 0. The number of aromatic nitrogens is 5. The van der Waals surface area contributed by atoms with Crippen molar-refractivity contribution in [2.24, 2.45) is 0 Å². The van der Waals surface area contributed by atoms with Crippen molar-refractivity contribution < 1.29 is 4.42 Å². The average Bonchev–Trinajstić information content (AvgIpc) is 4.02. The van der Waals surface area contributed by atoms with Gasteiger partial charge in [-0.25, -0.2) is 4.98 Å². The molecule has 0 spiro atoms.